The zero-order valence-electron chi connectivity index (χ0n) is 14.9. The number of carbonyl (C=O) groups is 1. The minimum atomic E-state index is -0.129. The fraction of sp³-hybridized carbons (Fsp3) is 0.136. The van der Waals surface area contributed by atoms with Gasteiger partial charge in [-0.25, -0.2) is 0 Å². The third kappa shape index (κ3) is 5.78. The Balaban J connectivity index is 1.55. The molecular weight excluding hydrogens is 378 g/mol. The van der Waals surface area contributed by atoms with Crippen molar-refractivity contribution in [1.29, 1.82) is 0 Å². The molecule has 27 heavy (non-hydrogen) atoms. The fourth-order valence-electron chi connectivity index (χ4n) is 2.45. The number of anilines is 1. The van der Waals surface area contributed by atoms with Crippen molar-refractivity contribution in [3.05, 3.63) is 88.9 Å². The summed E-state index contributed by atoms with van der Waals surface area (Å²) in [6.45, 7) is 2.56. The quantitative estimate of drug-likeness (QED) is 0.476. The highest BCUT2D eigenvalue weighted by atomic mass is 35.5. The SMILES string of the molecule is CCOc1ccc(NC(=O)c2ccc(CSc3ccc(Cl)cc3)cc2)cc1. The lowest BCUT2D eigenvalue weighted by Gasteiger charge is -2.08. The largest absolute Gasteiger partial charge is 0.494 e. The van der Waals surface area contributed by atoms with Gasteiger partial charge in [0.25, 0.3) is 5.91 Å². The summed E-state index contributed by atoms with van der Waals surface area (Å²) in [5, 5.41) is 3.64. The first kappa shape index (κ1) is 19.3. The summed E-state index contributed by atoms with van der Waals surface area (Å²) in [5.74, 6) is 1.50. The Kier molecular flexibility index (Phi) is 6.80. The summed E-state index contributed by atoms with van der Waals surface area (Å²) < 4.78 is 5.40. The molecule has 0 unspecified atom stereocenters. The van der Waals surface area contributed by atoms with Crippen LogP contribution in [-0.4, -0.2) is 12.5 Å². The molecule has 0 atom stereocenters. The van der Waals surface area contributed by atoms with Gasteiger partial charge in [-0.05, 0) is 73.2 Å². The van der Waals surface area contributed by atoms with E-state index in [0.717, 1.165) is 32.7 Å². The molecule has 0 bridgehead atoms. The molecule has 138 valence electrons. The van der Waals surface area contributed by atoms with E-state index in [9.17, 15) is 4.79 Å². The second-order valence-corrected chi connectivity index (χ2v) is 7.34. The third-order valence-corrected chi connectivity index (χ3v) is 5.19. The summed E-state index contributed by atoms with van der Waals surface area (Å²) in [6.07, 6.45) is 0. The van der Waals surface area contributed by atoms with E-state index in [4.69, 9.17) is 16.3 Å². The van der Waals surface area contributed by atoms with E-state index in [1.807, 2.05) is 79.7 Å². The van der Waals surface area contributed by atoms with Gasteiger partial charge >= 0.3 is 0 Å². The number of nitrogens with one attached hydrogen (secondary N) is 1. The Hall–Kier alpha value is -2.43. The molecule has 0 spiro atoms. The van der Waals surface area contributed by atoms with Crippen LogP contribution in [0.1, 0.15) is 22.8 Å². The second-order valence-electron chi connectivity index (χ2n) is 5.85. The Morgan fingerprint density at radius 3 is 2.26 bits per heavy atom. The summed E-state index contributed by atoms with van der Waals surface area (Å²) >= 11 is 7.64. The highest BCUT2D eigenvalue weighted by Crippen LogP contribution is 2.24. The van der Waals surface area contributed by atoms with Crippen LogP contribution in [0.2, 0.25) is 5.02 Å². The Morgan fingerprint density at radius 1 is 0.963 bits per heavy atom. The zero-order chi connectivity index (χ0) is 19.1. The van der Waals surface area contributed by atoms with Crippen LogP contribution in [0.4, 0.5) is 5.69 Å². The van der Waals surface area contributed by atoms with Gasteiger partial charge in [0.15, 0.2) is 0 Å². The van der Waals surface area contributed by atoms with Crippen LogP contribution in [-0.2, 0) is 5.75 Å². The molecule has 3 rings (SSSR count). The maximum Gasteiger partial charge on any atom is 0.255 e. The molecule has 0 aliphatic rings. The van der Waals surface area contributed by atoms with Crippen LogP contribution >= 0.6 is 23.4 Å². The van der Waals surface area contributed by atoms with Gasteiger partial charge in [-0.2, -0.15) is 0 Å². The van der Waals surface area contributed by atoms with Crippen LogP contribution in [0.15, 0.2) is 77.7 Å². The van der Waals surface area contributed by atoms with Crippen molar-refractivity contribution in [3.63, 3.8) is 0 Å². The number of ether oxygens (including phenoxy) is 1. The van der Waals surface area contributed by atoms with Gasteiger partial charge in [0.05, 0.1) is 6.61 Å². The molecule has 3 aromatic carbocycles. The first-order valence-corrected chi connectivity index (χ1v) is 10.0. The third-order valence-electron chi connectivity index (χ3n) is 3.86. The molecule has 0 heterocycles. The van der Waals surface area contributed by atoms with Gasteiger partial charge in [-0.1, -0.05) is 23.7 Å². The lowest BCUT2D eigenvalue weighted by Crippen LogP contribution is -2.11. The molecule has 0 saturated carbocycles. The smallest absolute Gasteiger partial charge is 0.255 e. The van der Waals surface area contributed by atoms with E-state index in [1.165, 1.54) is 0 Å². The number of amides is 1. The van der Waals surface area contributed by atoms with Crippen molar-refractivity contribution >= 4 is 35.0 Å². The van der Waals surface area contributed by atoms with Crippen molar-refractivity contribution in [2.45, 2.75) is 17.6 Å². The van der Waals surface area contributed by atoms with Gasteiger partial charge in [-0.15, -0.1) is 11.8 Å². The van der Waals surface area contributed by atoms with E-state index in [2.05, 4.69) is 5.32 Å². The first-order valence-electron chi connectivity index (χ1n) is 8.65. The maximum atomic E-state index is 12.4. The van der Waals surface area contributed by atoms with Crippen LogP contribution in [0.5, 0.6) is 5.75 Å². The van der Waals surface area contributed by atoms with E-state index < -0.39 is 0 Å². The molecule has 0 saturated heterocycles. The Morgan fingerprint density at radius 2 is 1.63 bits per heavy atom. The molecule has 0 aromatic heterocycles. The average Bonchev–Trinajstić information content (AvgIpc) is 2.70. The van der Waals surface area contributed by atoms with Crippen LogP contribution in [0.25, 0.3) is 0 Å². The molecule has 0 aliphatic heterocycles. The van der Waals surface area contributed by atoms with Crippen LogP contribution in [0, 0.1) is 0 Å². The highest BCUT2D eigenvalue weighted by Gasteiger charge is 2.06. The number of hydrogen-bond donors (Lipinski definition) is 1. The monoisotopic (exact) mass is 397 g/mol. The van der Waals surface area contributed by atoms with Crippen molar-refractivity contribution in [2.75, 3.05) is 11.9 Å². The van der Waals surface area contributed by atoms with E-state index in [-0.39, 0.29) is 5.91 Å². The molecule has 1 N–H and O–H groups in total. The maximum absolute atomic E-state index is 12.4. The number of rotatable bonds is 7. The molecule has 0 fully saturated rings. The van der Waals surface area contributed by atoms with E-state index in [0.29, 0.717) is 12.2 Å². The molecule has 0 aliphatic carbocycles. The minimum Gasteiger partial charge on any atom is -0.494 e. The van der Waals surface area contributed by atoms with Crippen LogP contribution in [0.3, 0.4) is 0 Å². The summed E-state index contributed by atoms with van der Waals surface area (Å²) in [5.41, 5.74) is 2.53. The molecule has 5 heteroatoms. The summed E-state index contributed by atoms with van der Waals surface area (Å²) in [6, 6.07) is 22.8. The number of carbonyl (C=O) groups excluding carboxylic acids is 1. The lowest BCUT2D eigenvalue weighted by atomic mass is 10.1. The normalized spacial score (nSPS) is 10.4. The lowest BCUT2D eigenvalue weighted by molar-refractivity contribution is 0.102. The van der Waals surface area contributed by atoms with Gasteiger partial charge in [0.2, 0.25) is 0 Å². The fourth-order valence-corrected chi connectivity index (χ4v) is 3.43. The molecule has 3 nitrogen and oxygen atoms in total. The zero-order valence-corrected chi connectivity index (χ0v) is 16.5. The van der Waals surface area contributed by atoms with Gasteiger partial charge in [0.1, 0.15) is 5.75 Å². The van der Waals surface area contributed by atoms with Crippen molar-refractivity contribution < 1.29 is 9.53 Å². The Labute approximate surface area is 168 Å². The van der Waals surface area contributed by atoms with Crippen molar-refractivity contribution in [3.8, 4) is 5.75 Å². The van der Waals surface area contributed by atoms with E-state index >= 15 is 0 Å². The molecule has 0 radical (unpaired) electrons. The van der Waals surface area contributed by atoms with Crippen LogP contribution < -0.4 is 10.1 Å². The van der Waals surface area contributed by atoms with Gasteiger partial charge < -0.3 is 10.1 Å². The predicted molar refractivity (Wildman–Crippen MR) is 113 cm³/mol. The summed E-state index contributed by atoms with van der Waals surface area (Å²) in [7, 11) is 0. The van der Waals surface area contributed by atoms with Gasteiger partial charge in [0, 0.05) is 26.9 Å². The molecular formula is C22H20ClNO2S. The molecule has 3 aromatic rings. The standard InChI is InChI=1S/C22H20ClNO2S/c1-2-26-20-11-9-19(10-12-20)24-22(25)17-5-3-16(4-6-17)15-27-21-13-7-18(23)8-14-21/h3-14H,2,15H2,1H3,(H,24,25). The first-order chi connectivity index (χ1) is 13.1. The van der Waals surface area contributed by atoms with Crippen molar-refractivity contribution in [1.82, 2.24) is 0 Å². The number of hydrogen-bond acceptors (Lipinski definition) is 3. The number of benzene rings is 3. The minimum absolute atomic E-state index is 0.129. The predicted octanol–water partition coefficient (Wildman–Crippen LogP) is 6.28. The van der Waals surface area contributed by atoms with Crippen molar-refractivity contribution in [2.24, 2.45) is 0 Å². The Bertz CT molecular complexity index is 878. The highest BCUT2D eigenvalue weighted by molar-refractivity contribution is 7.98. The molecule has 1 amide bonds. The average molecular weight is 398 g/mol. The number of thioether (sulfide) groups is 1. The van der Waals surface area contributed by atoms with Gasteiger partial charge in [-0.3, -0.25) is 4.79 Å². The van der Waals surface area contributed by atoms with E-state index in [1.54, 1.807) is 11.8 Å². The summed E-state index contributed by atoms with van der Waals surface area (Å²) in [4.78, 5) is 13.6. The number of halogens is 1. The topological polar surface area (TPSA) is 38.3 Å². The second kappa shape index (κ2) is 9.49.